The molecule has 2 heterocycles. The lowest BCUT2D eigenvalue weighted by atomic mass is 10.2. The molecule has 2 aromatic rings. The number of hydrogen-bond acceptors (Lipinski definition) is 5. The van der Waals surface area contributed by atoms with Gasteiger partial charge in [-0.2, -0.15) is 4.98 Å². The lowest BCUT2D eigenvalue weighted by molar-refractivity contribution is 0.375. The van der Waals surface area contributed by atoms with Crippen molar-refractivity contribution in [3.05, 3.63) is 39.1 Å². The molecule has 0 N–H and O–H groups in total. The molecule has 0 atom stereocenters. The van der Waals surface area contributed by atoms with Crippen molar-refractivity contribution in [2.24, 2.45) is 0 Å². The molecule has 0 unspecified atom stereocenters. The molecule has 102 valence electrons. The van der Waals surface area contributed by atoms with Crippen molar-refractivity contribution in [2.45, 2.75) is 39.7 Å². The summed E-state index contributed by atoms with van der Waals surface area (Å²) in [5, 5.41) is 4.04. The average molecular weight is 283 g/mol. The zero-order chi connectivity index (χ0) is 14.0. The SMILES string of the molecule is CCc1nc(Cn2c(C(C)C)nc(Cl)cc2=O)no1. The number of nitrogens with zero attached hydrogens (tertiary/aromatic N) is 4. The Bertz CT molecular complexity index is 633. The normalized spacial score (nSPS) is 11.2. The number of aromatic nitrogens is 4. The standard InChI is InChI=1S/C12H15ClN4O2/c1-4-10-15-9(16-19-10)6-17-11(18)5-8(13)14-12(17)7(2)3/h5,7H,4,6H2,1-3H3. The van der Waals surface area contributed by atoms with E-state index >= 15 is 0 Å². The number of halogens is 1. The molecular formula is C12H15ClN4O2. The van der Waals surface area contributed by atoms with E-state index in [1.165, 1.54) is 10.6 Å². The Balaban J connectivity index is 2.41. The van der Waals surface area contributed by atoms with Gasteiger partial charge in [0.2, 0.25) is 5.89 Å². The van der Waals surface area contributed by atoms with Gasteiger partial charge in [-0.05, 0) is 0 Å². The van der Waals surface area contributed by atoms with Gasteiger partial charge in [-0.1, -0.05) is 37.5 Å². The smallest absolute Gasteiger partial charge is 0.255 e. The summed E-state index contributed by atoms with van der Waals surface area (Å²) >= 11 is 5.82. The Morgan fingerprint density at radius 3 is 2.74 bits per heavy atom. The minimum atomic E-state index is -0.216. The summed E-state index contributed by atoms with van der Waals surface area (Å²) in [6.45, 7) is 6.05. The van der Waals surface area contributed by atoms with E-state index in [0.29, 0.717) is 24.0 Å². The monoisotopic (exact) mass is 282 g/mol. The van der Waals surface area contributed by atoms with E-state index in [1.54, 1.807) is 0 Å². The zero-order valence-corrected chi connectivity index (χ0v) is 11.8. The molecule has 0 aliphatic rings. The molecular weight excluding hydrogens is 268 g/mol. The molecule has 0 fully saturated rings. The van der Waals surface area contributed by atoms with E-state index in [4.69, 9.17) is 16.1 Å². The Hall–Kier alpha value is -1.69. The van der Waals surface area contributed by atoms with Gasteiger partial charge in [0.05, 0.1) is 6.54 Å². The van der Waals surface area contributed by atoms with Crippen LogP contribution in [0.5, 0.6) is 0 Å². The van der Waals surface area contributed by atoms with E-state index in [9.17, 15) is 4.79 Å². The summed E-state index contributed by atoms with van der Waals surface area (Å²) in [6, 6.07) is 1.29. The molecule has 0 aromatic carbocycles. The van der Waals surface area contributed by atoms with E-state index in [0.717, 1.165) is 0 Å². The molecule has 0 aliphatic carbocycles. The van der Waals surface area contributed by atoms with Crippen LogP contribution in [-0.2, 0) is 13.0 Å². The van der Waals surface area contributed by atoms with Gasteiger partial charge < -0.3 is 4.52 Å². The van der Waals surface area contributed by atoms with Gasteiger partial charge >= 0.3 is 0 Å². The van der Waals surface area contributed by atoms with Crippen LogP contribution < -0.4 is 5.56 Å². The Kier molecular flexibility index (Phi) is 3.99. The molecule has 6 nitrogen and oxygen atoms in total. The highest BCUT2D eigenvalue weighted by Gasteiger charge is 2.14. The van der Waals surface area contributed by atoms with E-state index in [-0.39, 0.29) is 23.2 Å². The van der Waals surface area contributed by atoms with E-state index < -0.39 is 0 Å². The second-order valence-electron chi connectivity index (χ2n) is 4.47. The Labute approximate surface area is 115 Å². The molecule has 7 heteroatoms. The summed E-state index contributed by atoms with van der Waals surface area (Å²) in [5.41, 5.74) is -0.216. The molecule has 0 amide bonds. The second-order valence-corrected chi connectivity index (χ2v) is 4.86. The minimum absolute atomic E-state index is 0.0731. The predicted octanol–water partition coefficient (Wildman–Crippen LogP) is 2.01. The van der Waals surface area contributed by atoms with Crippen LogP contribution in [0.2, 0.25) is 5.15 Å². The van der Waals surface area contributed by atoms with Gasteiger partial charge in [0.25, 0.3) is 5.56 Å². The minimum Gasteiger partial charge on any atom is -0.339 e. The van der Waals surface area contributed by atoms with Crippen LogP contribution in [0, 0.1) is 0 Å². The molecule has 2 rings (SSSR count). The highest BCUT2D eigenvalue weighted by molar-refractivity contribution is 6.29. The number of rotatable bonds is 4. The topological polar surface area (TPSA) is 73.8 Å². The van der Waals surface area contributed by atoms with Crippen molar-refractivity contribution < 1.29 is 4.52 Å². The third kappa shape index (κ3) is 3.01. The summed E-state index contributed by atoms with van der Waals surface area (Å²) in [7, 11) is 0. The van der Waals surface area contributed by atoms with Crippen molar-refractivity contribution in [1.29, 1.82) is 0 Å². The van der Waals surface area contributed by atoms with Gasteiger partial charge in [-0.15, -0.1) is 0 Å². The van der Waals surface area contributed by atoms with Crippen LogP contribution >= 0.6 is 11.6 Å². The first-order valence-electron chi connectivity index (χ1n) is 6.10. The first kappa shape index (κ1) is 13.7. The maximum Gasteiger partial charge on any atom is 0.255 e. The zero-order valence-electron chi connectivity index (χ0n) is 11.1. The largest absolute Gasteiger partial charge is 0.339 e. The summed E-state index contributed by atoms with van der Waals surface area (Å²) < 4.78 is 6.54. The van der Waals surface area contributed by atoms with Gasteiger partial charge in [0, 0.05) is 18.4 Å². The lowest BCUT2D eigenvalue weighted by Crippen LogP contribution is -2.26. The van der Waals surface area contributed by atoms with E-state index in [2.05, 4.69) is 15.1 Å². The van der Waals surface area contributed by atoms with E-state index in [1.807, 2.05) is 20.8 Å². The molecule has 19 heavy (non-hydrogen) atoms. The van der Waals surface area contributed by atoms with Crippen molar-refractivity contribution in [2.75, 3.05) is 0 Å². The van der Waals surface area contributed by atoms with Crippen molar-refractivity contribution in [3.8, 4) is 0 Å². The number of aryl methyl sites for hydroxylation is 1. The van der Waals surface area contributed by atoms with Crippen LogP contribution in [0.4, 0.5) is 0 Å². The third-order valence-corrected chi connectivity index (χ3v) is 2.83. The summed E-state index contributed by atoms with van der Waals surface area (Å²) in [5.74, 6) is 1.70. The van der Waals surface area contributed by atoms with Gasteiger partial charge in [0.1, 0.15) is 11.0 Å². The van der Waals surface area contributed by atoms with Crippen LogP contribution in [0.3, 0.4) is 0 Å². The first-order chi connectivity index (χ1) is 9.01. The van der Waals surface area contributed by atoms with Gasteiger partial charge in [-0.3, -0.25) is 9.36 Å². The maximum atomic E-state index is 12.0. The highest BCUT2D eigenvalue weighted by atomic mass is 35.5. The van der Waals surface area contributed by atoms with Crippen molar-refractivity contribution in [3.63, 3.8) is 0 Å². The molecule has 0 spiro atoms. The molecule has 0 radical (unpaired) electrons. The third-order valence-electron chi connectivity index (χ3n) is 2.64. The lowest BCUT2D eigenvalue weighted by Gasteiger charge is -2.12. The average Bonchev–Trinajstić information content (AvgIpc) is 2.79. The predicted molar refractivity (Wildman–Crippen MR) is 70.4 cm³/mol. The Morgan fingerprint density at radius 1 is 1.42 bits per heavy atom. The Morgan fingerprint density at radius 2 is 2.16 bits per heavy atom. The molecule has 0 aliphatic heterocycles. The van der Waals surface area contributed by atoms with Crippen LogP contribution in [-0.4, -0.2) is 19.7 Å². The molecule has 2 aromatic heterocycles. The van der Waals surface area contributed by atoms with Crippen LogP contribution in [0.25, 0.3) is 0 Å². The van der Waals surface area contributed by atoms with Crippen molar-refractivity contribution >= 4 is 11.6 Å². The number of hydrogen-bond donors (Lipinski definition) is 0. The molecule has 0 bridgehead atoms. The van der Waals surface area contributed by atoms with Crippen molar-refractivity contribution in [1.82, 2.24) is 19.7 Å². The highest BCUT2D eigenvalue weighted by Crippen LogP contribution is 2.13. The van der Waals surface area contributed by atoms with Crippen LogP contribution in [0.1, 0.15) is 44.2 Å². The fraction of sp³-hybridized carbons (Fsp3) is 0.500. The fourth-order valence-corrected chi connectivity index (χ4v) is 1.91. The first-order valence-corrected chi connectivity index (χ1v) is 6.47. The van der Waals surface area contributed by atoms with Gasteiger partial charge in [0.15, 0.2) is 5.82 Å². The summed E-state index contributed by atoms with van der Waals surface area (Å²) in [4.78, 5) is 20.4. The van der Waals surface area contributed by atoms with Gasteiger partial charge in [-0.25, -0.2) is 4.98 Å². The fourth-order valence-electron chi connectivity index (χ4n) is 1.73. The van der Waals surface area contributed by atoms with Crippen LogP contribution in [0.15, 0.2) is 15.4 Å². The second kappa shape index (κ2) is 5.52. The quantitative estimate of drug-likeness (QED) is 0.802. The maximum absolute atomic E-state index is 12.0. The molecule has 0 saturated heterocycles. The summed E-state index contributed by atoms with van der Waals surface area (Å²) in [6.07, 6.45) is 0.664. The molecule has 0 saturated carbocycles.